The van der Waals surface area contributed by atoms with Gasteiger partial charge in [-0.1, -0.05) is 0 Å². The predicted molar refractivity (Wildman–Crippen MR) is 59.6 cm³/mol. The van der Waals surface area contributed by atoms with E-state index in [1.807, 2.05) is 11.8 Å². The lowest BCUT2D eigenvalue weighted by Gasteiger charge is -2.54. The summed E-state index contributed by atoms with van der Waals surface area (Å²) in [6.45, 7) is 1.17. The molecule has 0 aromatic heterocycles. The van der Waals surface area contributed by atoms with Crippen molar-refractivity contribution in [3.05, 3.63) is 0 Å². The van der Waals surface area contributed by atoms with Crippen LogP contribution < -0.4 is 5.32 Å². The standard InChI is InChI=1S/C11H19NOS/c1-3-10(4-1)6-7-12-11(13-10)5-2-8-14-9-11/h12H,1-9H2. The summed E-state index contributed by atoms with van der Waals surface area (Å²) in [5, 5.41) is 3.61. The first kappa shape index (κ1) is 9.49. The number of hydrogen-bond acceptors (Lipinski definition) is 3. The molecule has 1 unspecified atom stereocenters. The first-order valence-corrected chi connectivity index (χ1v) is 7.01. The molecule has 80 valence electrons. The van der Waals surface area contributed by atoms with Gasteiger partial charge in [0.15, 0.2) is 0 Å². The number of hydrogen-bond donors (Lipinski definition) is 1. The van der Waals surface area contributed by atoms with Crippen LogP contribution in [-0.4, -0.2) is 29.4 Å². The van der Waals surface area contributed by atoms with Crippen LogP contribution in [0.4, 0.5) is 0 Å². The molecule has 3 rings (SSSR count). The summed E-state index contributed by atoms with van der Waals surface area (Å²) in [4.78, 5) is 0. The molecule has 3 aliphatic rings. The second-order valence-corrected chi connectivity index (χ2v) is 6.07. The van der Waals surface area contributed by atoms with Crippen molar-refractivity contribution in [2.75, 3.05) is 18.1 Å². The summed E-state index contributed by atoms with van der Waals surface area (Å²) in [5.74, 6) is 2.48. The molecule has 14 heavy (non-hydrogen) atoms. The predicted octanol–water partition coefficient (Wildman–Crippen LogP) is 2.14. The Morgan fingerprint density at radius 1 is 1.07 bits per heavy atom. The van der Waals surface area contributed by atoms with Crippen molar-refractivity contribution in [1.29, 1.82) is 0 Å². The van der Waals surface area contributed by atoms with E-state index in [4.69, 9.17) is 4.74 Å². The lowest BCUT2D eigenvalue weighted by atomic mass is 9.76. The minimum absolute atomic E-state index is 0.0571. The van der Waals surface area contributed by atoms with E-state index < -0.39 is 0 Å². The van der Waals surface area contributed by atoms with E-state index in [1.165, 1.54) is 50.8 Å². The molecule has 2 saturated heterocycles. The van der Waals surface area contributed by atoms with Crippen molar-refractivity contribution in [1.82, 2.24) is 5.32 Å². The van der Waals surface area contributed by atoms with Crippen molar-refractivity contribution in [2.45, 2.75) is 49.9 Å². The molecular weight excluding hydrogens is 194 g/mol. The fourth-order valence-electron chi connectivity index (χ4n) is 2.93. The highest BCUT2D eigenvalue weighted by atomic mass is 32.2. The van der Waals surface area contributed by atoms with Crippen LogP contribution in [0.1, 0.15) is 38.5 Å². The molecule has 2 heterocycles. The molecule has 3 heteroatoms. The Labute approximate surface area is 90.2 Å². The average molecular weight is 213 g/mol. The van der Waals surface area contributed by atoms with E-state index in [-0.39, 0.29) is 5.72 Å². The van der Waals surface area contributed by atoms with Crippen LogP contribution in [0.25, 0.3) is 0 Å². The Hall–Kier alpha value is 0.270. The minimum atomic E-state index is 0.0571. The zero-order valence-corrected chi connectivity index (χ0v) is 9.50. The van der Waals surface area contributed by atoms with Crippen LogP contribution in [0.2, 0.25) is 0 Å². The summed E-state index contributed by atoms with van der Waals surface area (Å²) in [7, 11) is 0. The van der Waals surface area contributed by atoms with Gasteiger partial charge in [-0.15, -0.1) is 0 Å². The lowest BCUT2D eigenvalue weighted by Crippen LogP contribution is -2.63. The van der Waals surface area contributed by atoms with E-state index in [0.717, 1.165) is 5.75 Å². The molecule has 1 aliphatic carbocycles. The maximum Gasteiger partial charge on any atom is 0.129 e. The van der Waals surface area contributed by atoms with Crippen molar-refractivity contribution in [3.8, 4) is 0 Å². The molecule has 1 saturated carbocycles. The largest absolute Gasteiger partial charge is 0.353 e. The van der Waals surface area contributed by atoms with E-state index in [2.05, 4.69) is 5.32 Å². The van der Waals surface area contributed by atoms with Gasteiger partial charge in [-0.25, -0.2) is 0 Å². The molecule has 2 aliphatic heterocycles. The van der Waals surface area contributed by atoms with Crippen molar-refractivity contribution in [2.24, 2.45) is 0 Å². The highest BCUT2D eigenvalue weighted by molar-refractivity contribution is 7.99. The SMILES string of the molecule is C1CC2(C1)CCNC1(CCCSC1)O2. The summed E-state index contributed by atoms with van der Waals surface area (Å²) in [5.41, 5.74) is 0.352. The van der Waals surface area contributed by atoms with Crippen LogP contribution in [-0.2, 0) is 4.74 Å². The third-order valence-electron chi connectivity index (χ3n) is 3.91. The Morgan fingerprint density at radius 3 is 2.64 bits per heavy atom. The molecular formula is C11H19NOS. The summed E-state index contributed by atoms with van der Waals surface area (Å²) < 4.78 is 6.41. The summed E-state index contributed by atoms with van der Waals surface area (Å²) in [6, 6.07) is 0. The van der Waals surface area contributed by atoms with Gasteiger partial charge in [-0.2, -0.15) is 11.8 Å². The van der Waals surface area contributed by atoms with Crippen molar-refractivity contribution < 1.29 is 4.74 Å². The molecule has 0 aromatic carbocycles. The van der Waals surface area contributed by atoms with Gasteiger partial charge >= 0.3 is 0 Å². The van der Waals surface area contributed by atoms with Crippen LogP contribution in [0, 0.1) is 0 Å². The molecule has 0 amide bonds. The Kier molecular flexibility index (Phi) is 2.30. The Bertz CT molecular complexity index is 216. The lowest BCUT2D eigenvalue weighted by molar-refractivity contribution is -0.224. The second-order valence-electron chi connectivity index (χ2n) is 4.97. The van der Waals surface area contributed by atoms with E-state index in [0.29, 0.717) is 5.60 Å². The molecule has 1 N–H and O–H groups in total. The van der Waals surface area contributed by atoms with E-state index in [1.54, 1.807) is 0 Å². The van der Waals surface area contributed by atoms with Gasteiger partial charge in [-0.3, -0.25) is 5.32 Å². The fourth-order valence-corrected chi connectivity index (χ4v) is 4.06. The van der Waals surface area contributed by atoms with Gasteiger partial charge in [-0.05, 0) is 44.3 Å². The number of nitrogens with one attached hydrogen (secondary N) is 1. The highest BCUT2D eigenvalue weighted by Gasteiger charge is 2.48. The third-order valence-corrected chi connectivity index (χ3v) is 5.16. The zero-order valence-electron chi connectivity index (χ0n) is 8.68. The molecule has 2 spiro atoms. The van der Waals surface area contributed by atoms with Crippen LogP contribution in [0.3, 0.4) is 0 Å². The van der Waals surface area contributed by atoms with Gasteiger partial charge < -0.3 is 4.74 Å². The minimum Gasteiger partial charge on any atom is -0.353 e. The monoisotopic (exact) mass is 213 g/mol. The topological polar surface area (TPSA) is 21.3 Å². The smallest absolute Gasteiger partial charge is 0.129 e. The zero-order chi connectivity index (χ0) is 9.49. The number of thioether (sulfide) groups is 1. The van der Waals surface area contributed by atoms with Crippen LogP contribution in [0.15, 0.2) is 0 Å². The van der Waals surface area contributed by atoms with E-state index >= 15 is 0 Å². The normalized spacial score (nSPS) is 41.1. The summed E-state index contributed by atoms with van der Waals surface area (Å²) >= 11 is 2.05. The molecule has 3 fully saturated rings. The van der Waals surface area contributed by atoms with Crippen molar-refractivity contribution in [3.63, 3.8) is 0 Å². The van der Waals surface area contributed by atoms with Gasteiger partial charge in [0.05, 0.1) is 5.60 Å². The molecule has 1 atom stereocenters. The maximum atomic E-state index is 6.41. The summed E-state index contributed by atoms with van der Waals surface area (Å²) in [6.07, 6.45) is 7.76. The van der Waals surface area contributed by atoms with Gasteiger partial charge in [0.2, 0.25) is 0 Å². The van der Waals surface area contributed by atoms with Gasteiger partial charge in [0.25, 0.3) is 0 Å². The Balaban J connectivity index is 1.73. The maximum absolute atomic E-state index is 6.41. The first-order chi connectivity index (χ1) is 6.83. The van der Waals surface area contributed by atoms with E-state index in [9.17, 15) is 0 Å². The van der Waals surface area contributed by atoms with Gasteiger partial charge in [0.1, 0.15) is 5.72 Å². The molecule has 0 aromatic rings. The number of ether oxygens (including phenoxy) is 1. The quantitative estimate of drug-likeness (QED) is 0.666. The highest BCUT2D eigenvalue weighted by Crippen LogP contribution is 2.45. The first-order valence-electron chi connectivity index (χ1n) is 5.86. The second kappa shape index (κ2) is 3.39. The molecule has 2 nitrogen and oxygen atoms in total. The molecule has 0 radical (unpaired) electrons. The third kappa shape index (κ3) is 1.50. The fraction of sp³-hybridized carbons (Fsp3) is 1.00. The van der Waals surface area contributed by atoms with Crippen LogP contribution in [0.5, 0.6) is 0 Å². The number of rotatable bonds is 0. The van der Waals surface area contributed by atoms with Gasteiger partial charge in [0, 0.05) is 12.3 Å². The average Bonchev–Trinajstić information content (AvgIpc) is 2.17. The van der Waals surface area contributed by atoms with Crippen LogP contribution >= 0.6 is 11.8 Å². The Morgan fingerprint density at radius 2 is 2.00 bits per heavy atom. The van der Waals surface area contributed by atoms with Crippen molar-refractivity contribution >= 4 is 11.8 Å². The molecule has 0 bridgehead atoms.